The molecular formula is C9H18O2. The van der Waals surface area contributed by atoms with Gasteiger partial charge >= 0.3 is 0 Å². The number of aliphatic hydroxyl groups is 1. The Morgan fingerprint density at radius 1 is 1.45 bits per heavy atom. The Balaban J connectivity index is 2.40. The van der Waals surface area contributed by atoms with Crippen molar-refractivity contribution in [2.45, 2.75) is 27.2 Å². The van der Waals surface area contributed by atoms with Crippen LogP contribution in [0.2, 0.25) is 0 Å². The van der Waals surface area contributed by atoms with Gasteiger partial charge in [-0.25, -0.2) is 0 Å². The molecule has 0 amide bonds. The van der Waals surface area contributed by atoms with Crippen molar-refractivity contribution in [3.05, 3.63) is 0 Å². The third kappa shape index (κ3) is 2.17. The standard InChI is InChI=1S/C9H18O2/c1-8(2,5-10)4-9(3)6-11-7-9/h10H,4-7H2,1-3H3. The third-order valence-electron chi connectivity index (χ3n) is 2.23. The number of hydrogen-bond acceptors (Lipinski definition) is 2. The summed E-state index contributed by atoms with van der Waals surface area (Å²) in [6.45, 7) is 8.39. The topological polar surface area (TPSA) is 29.5 Å². The lowest BCUT2D eigenvalue weighted by atomic mass is 9.73. The van der Waals surface area contributed by atoms with Gasteiger partial charge in [0.05, 0.1) is 13.2 Å². The molecule has 0 atom stereocenters. The molecule has 1 heterocycles. The van der Waals surface area contributed by atoms with Crippen molar-refractivity contribution >= 4 is 0 Å². The minimum atomic E-state index is 0.0541. The van der Waals surface area contributed by atoms with E-state index in [9.17, 15) is 0 Å². The van der Waals surface area contributed by atoms with Crippen LogP contribution in [0.3, 0.4) is 0 Å². The molecule has 1 rings (SSSR count). The molecule has 1 fully saturated rings. The number of hydrogen-bond donors (Lipinski definition) is 1. The highest BCUT2D eigenvalue weighted by Gasteiger charge is 2.38. The van der Waals surface area contributed by atoms with Crippen LogP contribution in [0.25, 0.3) is 0 Å². The molecule has 0 bridgehead atoms. The Labute approximate surface area is 68.6 Å². The summed E-state index contributed by atoms with van der Waals surface area (Å²) in [4.78, 5) is 0. The van der Waals surface area contributed by atoms with E-state index >= 15 is 0 Å². The van der Waals surface area contributed by atoms with Gasteiger partial charge in [-0.2, -0.15) is 0 Å². The molecule has 11 heavy (non-hydrogen) atoms. The Hall–Kier alpha value is -0.0800. The molecule has 2 heteroatoms. The Morgan fingerprint density at radius 2 is 2.00 bits per heavy atom. The largest absolute Gasteiger partial charge is 0.396 e. The third-order valence-corrected chi connectivity index (χ3v) is 2.23. The van der Waals surface area contributed by atoms with Crippen LogP contribution in [0.15, 0.2) is 0 Å². The molecule has 1 N–H and O–H groups in total. The van der Waals surface area contributed by atoms with Crippen molar-refractivity contribution in [1.82, 2.24) is 0 Å². The summed E-state index contributed by atoms with van der Waals surface area (Å²) >= 11 is 0. The van der Waals surface area contributed by atoms with E-state index in [0.29, 0.717) is 5.41 Å². The minimum Gasteiger partial charge on any atom is -0.396 e. The molecule has 0 aliphatic carbocycles. The van der Waals surface area contributed by atoms with Gasteiger partial charge in [0.2, 0.25) is 0 Å². The highest BCUT2D eigenvalue weighted by atomic mass is 16.5. The fraction of sp³-hybridized carbons (Fsp3) is 1.00. The van der Waals surface area contributed by atoms with E-state index in [1.807, 2.05) is 0 Å². The lowest BCUT2D eigenvalue weighted by Crippen LogP contribution is -2.43. The average molecular weight is 158 g/mol. The van der Waals surface area contributed by atoms with E-state index in [2.05, 4.69) is 20.8 Å². The second kappa shape index (κ2) is 2.76. The summed E-state index contributed by atoms with van der Waals surface area (Å²) in [6, 6.07) is 0. The molecular weight excluding hydrogens is 140 g/mol. The quantitative estimate of drug-likeness (QED) is 0.673. The van der Waals surface area contributed by atoms with Gasteiger partial charge in [0, 0.05) is 12.0 Å². The lowest BCUT2D eigenvalue weighted by Gasteiger charge is -2.42. The Kier molecular flexibility index (Phi) is 2.26. The maximum Gasteiger partial charge on any atom is 0.0542 e. The van der Waals surface area contributed by atoms with Gasteiger partial charge in [-0.3, -0.25) is 0 Å². The van der Waals surface area contributed by atoms with E-state index in [1.54, 1.807) is 0 Å². The second-order valence-corrected chi connectivity index (χ2v) is 4.80. The SMILES string of the molecule is CC(C)(CO)CC1(C)COC1. The van der Waals surface area contributed by atoms with Crippen molar-refractivity contribution in [3.63, 3.8) is 0 Å². The predicted octanol–water partition coefficient (Wildman–Crippen LogP) is 1.43. The van der Waals surface area contributed by atoms with Crippen molar-refractivity contribution in [2.75, 3.05) is 19.8 Å². The Bertz CT molecular complexity index is 127. The Morgan fingerprint density at radius 3 is 2.27 bits per heavy atom. The molecule has 0 aromatic heterocycles. The van der Waals surface area contributed by atoms with Crippen LogP contribution in [-0.4, -0.2) is 24.9 Å². The summed E-state index contributed by atoms with van der Waals surface area (Å²) in [5.41, 5.74) is 0.380. The molecule has 1 saturated heterocycles. The van der Waals surface area contributed by atoms with Crippen molar-refractivity contribution < 1.29 is 9.84 Å². The van der Waals surface area contributed by atoms with E-state index < -0.39 is 0 Å². The van der Waals surface area contributed by atoms with E-state index in [4.69, 9.17) is 9.84 Å². The molecule has 1 aliphatic rings. The van der Waals surface area contributed by atoms with Crippen LogP contribution in [0.1, 0.15) is 27.2 Å². The lowest BCUT2D eigenvalue weighted by molar-refractivity contribution is -0.124. The van der Waals surface area contributed by atoms with Gasteiger partial charge in [-0.05, 0) is 11.8 Å². The maximum atomic E-state index is 9.04. The summed E-state index contributed by atoms with van der Waals surface area (Å²) in [5.74, 6) is 0. The average Bonchev–Trinajstić information content (AvgIpc) is 1.84. The number of ether oxygens (including phenoxy) is 1. The van der Waals surface area contributed by atoms with Crippen LogP contribution >= 0.6 is 0 Å². The molecule has 0 aromatic carbocycles. The minimum absolute atomic E-state index is 0.0541. The van der Waals surface area contributed by atoms with E-state index in [-0.39, 0.29) is 12.0 Å². The molecule has 0 aromatic rings. The fourth-order valence-corrected chi connectivity index (χ4v) is 1.76. The maximum absolute atomic E-state index is 9.04. The molecule has 0 unspecified atom stereocenters. The first-order valence-corrected chi connectivity index (χ1v) is 4.16. The summed E-state index contributed by atoms with van der Waals surface area (Å²) in [6.07, 6.45) is 1.05. The highest BCUT2D eigenvalue weighted by molar-refractivity contribution is 4.86. The molecule has 0 saturated carbocycles. The van der Waals surface area contributed by atoms with Crippen LogP contribution in [-0.2, 0) is 4.74 Å². The second-order valence-electron chi connectivity index (χ2n) is 4.80. The van der Waals surface area contributed by atoms with E-state index in [0.717, 1.165) is 19.6 Å². The zero-order chi connectivity index (χ0) is 8.54. The predicted molar refractivity (Wildman–Crippen MR) is 44.4 cm³/mol. The van der Waals surface area contributed by atoms with Gasteiger partial charge in [0.15, 0.2) is 0 Å². The first-order valence-electron chi connectivity index (χ1n) is 4.16. The van der Waals surface area contributed by atoms with Gasteiger partial charge in [-0.15, -0.1) is 0 Å². The molecule has 0 spiro atoms. The number of aliphatic hydroxyl groups excluding tert-OH is 1. The first-order chi connectivity index (χ1) is 4.97. The molecule has 1 aliphatic heterocycles. The van der Waals surface area contributed by atoms with Gasteiger partial charge < -0.3 is 9.84 Å². The summed E-state index contributed by atoms with van der Waals surface area (Å²) < 4.78 is 5.15. The molecule has 0 radical (unpaired) electrons. The monoisotopic (exact) mass is 158 g/mol. The van der Waals surface area contributed by atoms with E-state index in [1.165, 1.54) is 0 Å². The first kappa shape index (κ1) is 9.01. The molecule has 66 valence electrons. The van der Waals surface area contributed by atoms with Crippen molar-refractivity contribution in [2.24, 2.45) is 10.8 Å². The summed E-state index contributed by atoms with van der Waals surface area (Å²) in [5, 5.41) is 9.04. The van der Waals surface area contributed by atoms with Gasteiger partial charge in [-0.1, -0.05) is 20.8 Å². The molecule has 2 nitrogen and oxygen atoms in total. The van der Waals surface area contributed by atoms with Gasteiger partial charge in [0.25, 0.3) is 0 Å². The number of rotatable bonds is 3. The fourth-order valence-electron chi connectivity index (χ4n) is 1.76. The van der Waals surface area contributed by atoms with Crippen LogP contribution in [0, 0.1) is 10.8 Å². The highest BCUT2D eigenvalue weighted by Crippen LogP contribution is 2.38. The smallest absolute Gasteiger partial charge is 0.0542 e. The van der Waals surface area contributed by atoms with Gasteiger partial charge in [0.1, 0.15) is 0 Å². The van der Waals surface area contributed by atoms with Crippen LogP contribution < -0.4 is 0 Å². The normalized spacial score (nSPS) is 22.9. The zero-order valence-corrected chi connectivity index (χ0v) is 7.68. The zero-order valence-electron chi connectivity index (χ0n) is 7.68. The summed E-state index contributed by atoms with van der Waals surface area (Å²) in [7, 11) is 0. The van der Waals surface area contributed by atoms with Crippen molar-refractivity contribution in [3.8, 4) is 0 Å². The van der Waals surface area contributed by atoms with Crippen LogP contribution in [0.4, 0.5) is 0 Å². The van der Waals surface area contributed by atoms with Crippen molar-refractivity contribution in [1.29, 1.82) is 0 Å². The van der Waals surface area contributed by atoms with Crippen LogP contribution in [0.5, 0.6) is 0 Å².